The molecule has 108 valence electrons. The Balaban J connectivity index is 2.12. The first-order chi connectivity index (χ1) is 9.44. The summed E-state index contributed by atoms with van der Waals surface area (Å²) in [6.45, 7) is 2.48. The highest BCUT2D eigenvalue weighted by atomic mass is 35.5. The quantitative estimate of drug-likeness (QED) is 0.912. The first-order valence-corrected chi connectivity index (χ1v) is 8.17. The molecule has 0 unspecified atom stereocenters. The predicted molar refractivity (Wildman–Crippen MR) is 78.4 cm³/mol. The molecule has 0 bridgehead atoms. The standard InChI is InChI=1S/C13H16ClN3O2S/c1-10-13(14)9-16-17(10)6-7-20(18,19)12-4-2-11(8-15)3-5-12/h2-5,9H,6-8,15H2,1H3. The number of sulfone groups is 1. The van der Waals surface area contributed by atoms with Crippen molar-refractivity contribution in [2.24, 2.45) is 5.73 Å². The molecule has 20 heavy (non-hydrogen) atoms. The Bertz CT molecular complexity index is 693. The minimum Gasteiger partial charge on any atom is -0.326 e. The summed E-state index contributed by atoms with van der Waals surface area (Å²) < 4.78 is 26.0. The molecule has 2 rings (SSSR count). The van der Waals surface area contributed by atoms with E-state index in [1.165, 1.54) is 6.20 Å². The summed E-state index contributed by atoms with van der Waals surface area (Å²) in [4.78, 5) is 0.297. The minimum atomic E-state index is -3.34. The van der Waals surface area contributed by atoms with Gasteiger partial charge in [-0.15, -0.1) is 0 Å². The third kappa shape index (κ3) is 3.20. The molecular weight excluding hydrogens is 298 g/mol. The van der Waals surface area contributed by atoms with Gasteiger partial charge >= 0.3 is 0 Å². The highest BCUT2D eigenvalue weighted by molar-refractivity contribution is 7.91. The topological polar surface area (TPSA) is 78.0 Å². The van der Waals surface area contributed by atoms with Gasteiger partial charge in [0, 0.05) is 6.54 Å². The van der Waals surface area contributed by atoms with E-state index in [-0.39, 0.29) is 12.3 Å². The van der Waals surface area contributed by atoms with Gasteiger partial charge in [-0.2, -0.15) is 5.10 Å². The minimum absolute atomic E-state index is 0.0200. The number of nitrogens with two attached hydrogens (primary N) is 1. The van der Waals surface area contributed by atoms with E-state index < -0.39 is 9.84 Å². The maximum atomic E-state index is 12.2. The van der Waals surface area contributed by atoms with Crippen molar-refractivity contribution < 1.29 is 8.42 Å². The van der Waals surface area contributed by atoms with Crippen LogP contribution in [0.3, 0.4) is 0 Å². The summed E-state index contributed by atoms with van der Waals surface area (Å²) in [6, 6.07) is 6.62. The molecule has 0 fully saturated rings. The van der Waals surface area contributed by atoms with Crippen LogP contribution in [-0.4, -0.2) is 24.0 Å². The average molecular weight is 314 g/mol. The number of rotatable bonds is 5. The van der Waals surface area contributed by atoms with Crippen LogP contribution in [-0.2, 0) is 22.9 Å². The van der Waals surface area contributed by atoms with E-state index in [0.717, 1.165) is 11.3 Å². The van der Waals surface area contributed by atoms with Gasteiger partial charge in [-0.25, -0.2) is 8.42 Å². The van der Waals surface area contributed by atoms with Crippen molar-refractivity contribution in [1.82, 2.24) is 9.78 Å². The normalized spacial score (nSPS) is 11.8. The lowest BCUT2D eigenvalue weighted by atomic mass is 10.2. The van der Waals surface area contributed by atoms with Crippen LogP contribution < -0.4 is 5.73 Å². The summed E-state index contributed by atoms with van der Waals surface area (Å²) in [5, 5.41) is 4.58. The van der Waals surface area contributed by atoms with Gasteiger partial charge in [0.2, 0.25) is 0 Å². The van der Waals surface area contributed by atoms with Crippen LogP contribution in [0.15, 0.2) is 35.4 Å². The molecule has 0 aliphatic carbocycles. The fourth-order valence-corrected chi connectivity index (χ4v) is 3.15. The van der Waals surface area contributed by atoms with E-state index in [1.54, 1.807) is 35.9 Å². The second-order valence-electron chi connectivity index (χ2n) is 4.47. The molecule has 2 N–H and O–H groups in total. The van der Waals surface area contributed by atoms with Gasteiger partial charge in [-0.05, 0) is 24.6 Å². The lowest BCUT2D eigenvalue weighted by molar-refractivity contribution is 0.577. The van der Waals surface area contributed by atoms with Crippen LogP contribution in [0.1, 0.15) is 11.3 Å². The largest absolute Gasteiger partial charge is 0.326 e. The van der Waals surface area contributed by atoms with Crippen LogP contribution in [0.4, 0.5) is 0 Å². The van der Waals surface area contributed by atoms with Crippen molar-refractivity contribution >= 4 is 21.4 Å². The molecule has 0 amide bonds. The summed E-state index contributed by atoms with van der Waals surface area (Å²) in [5.41, 5.74) is 7.15. The molecule has 0 saturated heterocycles. The van der Waals surface area contributed by atoms with Crippen molar-refractivity contribution in [3.8, 4) is 0 Å². The first-order valence-electron chi connectivity index (χ1n) is 6.13. The maximum Gasteiger partial charge on any atom is 0.180 e. The first kappa shape index (κ1) is 15.0. The summed E-state index contributed by atoms with van der Waals surface area (Å²) >= 11 is 5.89. The molecule has 0 saturated carbocycles. The second kappa shape index (κ2) is 5.95. The van der Waals surface area contributed by atoms with E-state index in [9.17, 15) is 8.42 Å². The highest BCUT2D eigenvalue weighted by Gasteiger charge is 2.15. The van der Waals surface area contributed by atoms with Crippen LogP contribution in [0.5, 0.6) is 0 Å². The van der Waals surface area contributed by atoms with Crippen molar-refractivity contribution in [3.63, 3.8) is 0 Å². The second-order valence-corrected chi connectivity index (χ2v) is 6.98. The molecule has 0 aliphatic heterocycles. The molecule has 0 aliphatic rings. The lowest BCUT2D eigenvalue weighted by Crippen LogP contribution is -2.15. The van der Waals surface area contributed by atoms with Crippen molar-refractivity contribution in [1.29, 1.82) is 0 Å². The molecular formula is C13H16ClN3O2S. The van der Waals surface area contributed by atoms with E-state index in [4.69, 9.17) is 17.3 Å². The fraction of sp³-hybridized carbons (Fsp3) is 0.308. The third-order valence-corrected chi connectivity index (χ3v) is 5.21. The maximum absolute atomic E-state index is 12.2. The molecule has 1 heterocycles. The predicted octanol–water partition coefficient (Wildman–Crippen LogP) is 1.78. The van der Waals surface area contributed by atoms with Gasteiger partial charge in [0.25, 0.3) is 0 Å². The average Bonchev–Trinajstić information content (AvgIpc) is 2.77. The third-order valence-electron chi connectivity index (χ3n) is 3.13. The molecule has 1 aromatic carbocycles. The number of nitrogens with zero attached hydrogens (tertiary/aromatic N) is 2. The number of benzene rings is 1. The van der Waals surface area contributed by atoms with E-state index in [0.29, 0.717) is 16.5 Å². The summed E-state index contributed by atoms with van der Waals surface area (Å²) in [7, 11) is -3.34. The SMILES string of the molecule is Cc1c(Cl)cnn1CCS(=O)(=O)c1ccc(CN)cc1. The Morgan fingerprint density at radius 1 is 1.30 bits per heavy atom. The molecule has 2 aromatic rings. The Labute approximate surface area is 123 Å². The van der Waals surface area contributed by atoms with E-state index in [1.807, 2.05) is 0 Å². The Hall–Kier alpha value is -1.37. The molecule has 0 atom stereocenters. The zero-order valence-corrected chi connectivity index (χ0v) is 12.7. The van der Waals surface area contributed by atoms with Gasteiger partial charge in [0.1, 0.15) is 0 Å². The van der Waals surface area contributed by atoms with Gasteiger partial charge in [-0.1, -0.05) is 23.7 Å². The van der Waals surface area contributed by atoms with Gasteiger partial charge in [0.15, 0.2) is 9.84 Å². The number of aryl methyl sites for hydroxylation is 1. The van der Waals surface area contributed by atoms with Gasteiger partial charge in [-0.3, -0.25) is 4.68 Å². The van der Waals surface area contributed by atoms with Crippen molar-refractivity contribution in [3.05, 3.63) is 46.7 Å². The Kier molecular flexibility index (Phi) is 4.47. The molecule has 7 heteroatoms. The van der Waals surface area contributed by atoms with Crippen LogP contribution in [0.2, 0.25) is 5.02 Å². The fourth-order valence-electron chi connectivity index (χ4n) is 1.81. The van der Waals surface area contributed by atoms with E-state index >= 15 is 0 Å². The smallest absolute Gasteiger partial charge is 0.180 e. The zero-order chi connectivity index (χ0) is 14.8. The Morgan fingerprint density at radius 2 is 1.95 bits per heavy atom. The number of hydrogen-bond donors (Lipinski definition) is 1. The molecule has 5 nitrogen and oxygen atoms in total. The molecule has 1 aromatic heterocycles. The van der Waals surface area contributed by atoms with Crippen LogP contribution >= 0.6 is 11.6 Å². The van der Waals surface area contributed by atoms with Gasteiger partial charge < -0.3 is 5.73 Å². The van der Waals surface area contributed by atoms with Crippen molar-refractivity contribution in [2.75, 3.05) is 5.75 Å². The van der Waals surface area contributed by atoms with Crippen molar-refractivity contribution in [2.45, 2.75) is 24.9 Å². The Morgan fingerprint density at radius 3 is 2.45 bits per heavy atom. The monoisotopic (exact) mass is 313 g/mol. The zero-order valence-electron chi connectivity index (χ0n) is 11.1. The van der Waals surface area contributed by atoms with Crippen LogP contribution in [0.25, 0.3) is 0 Å². The summed E-state index contributed by atoms with van der Waals surface area (Å²) in [6.07, 6.45) is 1.51. The number of halogens is 1. The lowest BCUT2D eigenvalue weighted by Gasteiger charge is -2.07. The molecule has 0 spiro atoms. The highest BCUT2D eigenvalue weighted by Crippen LogP contribution is 2.16. The number of hydrogen-bond acceptors (Lipinski definition) is 4. The van der Waals surface area contributed by atoms with E-state index in [2.05, 4.69) is 5.10 Å². The molecule has 0 radical (unpaired) electrons. The number of aromatic nitrogens is 2. The van der Waals surface area contributed by atoms with Gasteiger partial charge in [0.05, 0.1) is 34.1 Å². The summed E-state index contributed by atoms with van der Waals surface area (Å²) in [5.74, 6) is -0.0200. The van der Waals surface area contributed by atoms with Crippen LogP contribution in [0, 0.1) is 6.92 Å².